The minimum absolute atomic E-state index is 0.00797. The summed E-state index contributed by atoms with van der Waals surface area (Å²) in [5.74, 6) is 0.368. The fourth-order valence-electron chi connectivity index (χ4n) is 2.19. The first kappa shape index (κ1) is 14.2. The van der Waals surface area contributed by atoms with Crippen molar-refractivity contribution in [3.63, 3.8) is 0 Å². The monoisotopic (exact) mass is 329 g/mol. The molecule has 7 heteroatoms. The topological polar surface area (TPSA) is 91.3 Å². The molecule has 0 bridgehead atoms. The zero-order valence-electron chi connectivity index (χ0n) is 10.4. The maximum atomic E-state index is 10.6. The van der Waals surface area contributed by atoms with Gasteiger partial charge in [-0.2, -0.15) is 0 Å². The SMILES string of the molecule is NC1CCCCCC1Oc1ncc([N+](=O)[O-])cc1Br. The Labute approximate surface area is 119 Å². The predicted octanol–water partition coefficient (Wildman–Crippen LogP) is 2.79. The lowest BCUT2D eigenvalue weighted by atomic mass is 10.1. The van der Waals surface area contributed by atoms with Gasteiger partial charge in [-0.1, -0.05) is 12.8 Å². The molecule has 104 valence electrons. The average molecular weight is 330 g/mol. The molecule has 0 aromatic carbocycles. The van der Waals surface area contributed by atoms with Crippen LogP contribution in [0.3, 0.4) is 0 Å². The van der Waals surface area contributed by atoms with Crippen LogP contribution < -0.4 is 10.5 Å². The Morgan fingerprint density at radius 3 is 2.84 bits per heavy atom. The second kappa shape index (κ2) is 6.29. The molecular weight excluding hydrogens is 314 g/mol. The molecule has 1 aromatic heterocycles. The molecule has 0 spiro atoms. The largest absolute Gasteiger partial charge is 0.472 e. The minimum atomic E-state index is -0.487. The van der Waals surface area contributed by atoms with Gasteiger partial charge in [-0.3, -0.25) is 10.1 Å². The van der Waals surface area contributed by atoms with Crippen molar-refractivity contribution < 1.29 is 9.66 Å². The maximum absolute atomic E-state index is 10.6. The summed E-state index contributed by atoms with van der Waals surface area (Å²) in [6.45, 7) is 0. The van der Waals surface area contributed by atoms with Gasteiger partial charge in [-0.25, -0.2) is 4.98 Å². The average Bonchev–Trinajstić information content (AvgIpc) is 2.57. The van der Waals surface area contributed by atoms with Gasteiger partial charge in [-0.15, -0.1) is 0 Å². The molecule has 0 radical (unpaired) electrons. The molecule has 6 nitrogen and oxygen atoms in total. The fourth-order valence-corrected chi connectivity index (χ4v) is 2.62. The van der Waals surface area contributed by atoms with Crippen LogP contribution in [0, 0.1) is 10.1 Å². The third kappa shape index (κ3) is 3.63. The van der Waals surface area contributed by atoms with E-state index in [1.807, 2.05) is 0 Å². The quantitative estimate of drug-likeness (QED) is 0.523. The summed E-state index contributed by atoms with van der Waals surface area (Å²) >= 11 is 3.25. The van der Waals surface area contributed by atoms with Crippen LogP contribution in [-0.4, -0.2) is 22.1 Å². The summed E-state index contributed by atoms with van der Waals surface area (Å²) < 4.78 is 6.29. The molecule has 1 aliphatic rings. The summed E-state index contributed by atoms with van der Waals surface area (Å²) in [5.41, 5.74) is 6.01. The second-order valence-electron chi connectivity index (χ2n) is 4.70. The lowest BCUT2D eigenvalue weighted by Crippen LogP contribution is -2.38. The van der Waals surface area contributed by atoms with Crippen LogP contribution in [0.5, 0.6) is 5.88 Å². The minimum Gasteiger partial charge on any atom is -0.472 e. The van der Waals surface area contributed by atoms with Crippen LogP contribution in [-0.2, 0) is 0 Å². The number of halogens is 1. The van der Waals surface area contributed by atoms with Crippen molar-refractivity contribution in [1.29, 1.82) is 0 Å². The van der Waals surface area contributed by atoms with Gasteiger partial charge < -0.3 is 10.5 Å². The summed E-state index contributed by atoms with van der Waals surface area (Å²) in [5, 5.41) is 10.6. The Kier molecular flexibility index (Phi) is 4.71. The van der Waals surface area contributed by atoms with Crippen molar-refractivity contribution in [2.24, 2.45) is 5.73 Å². The van der Waals surface area contributed by atoms with Gasteiger partial charge >= 0.3 is 0 Å². The maximum Gasteiger partial charge on any atom is 0.288 e. The van der Waals surface area contributed by atoms with Crippen molar-refractivity contribution in [3.8, 4) is 5.88 Å². The van der Waals surface area contributed by atoms with E-state index in [0.29, 0.717) is 10.4 Å². The lowest BCUT2D eigenvalue weighted by molar-refractivity contribution is -0.385. The van der Waals surface area contributed by atoms with Crippen molar-refractivity contribution in [2.45, 2.75) is 44.2 Å². The van der Waals surface area contributed by atoms with E-state index in [-0.39, 0.29) is 17.8 Å². The molecule has 2 rings (SSSR count). The first-order chi connectivity index (χ1) is 9.08. The molecule has 2 N–H and O–H groups in total. The van der Waals surface area contributed by atoms with Crippen molar-refractivity contribution in [1.82, 2.24) is 4.98 Å². The number of ether oxygens (including phenoxy) is 1. The van der Waals surface area contributed by atoms with Crippen LogP contribution in [0.4, 0.5) is 5.69 Å². The lowest BCUT2D eigenvalue weighted by Gasteiger charge is -2.22. The highest BCUT2D eigenvalue weighted by atomic mass is 79.9. The van der Waals surface area contributed by atoms with Gasteiger partial charge in [0, 0.05) is 12.1 Å². The zero-order chi connectivity index (χ0) is 13.8. The third-order valence-electron chi connectivity index (χ3n) is 3.27. The van der Waals surface area contributed by atoms with Gasteiger partial charge in [0.25, 0.3) is 5.69 Å². The molecule has 2 unspecified atom stereocenters. The van der Waals surface area contributed by atoms with Crippen LogP contribution in [0.2, 0.25) is 0 Å². The number of hydrogen-bond donors (Lipinski definition) is 1. The van der Waals surface area contributed by atoms with Gasteiger partial charge in [-0.05, 0) is 35.2 Å². The number of aromatic nitrogens is 1. The predicted molar refractivity (Wildman–Crippen MR) is 74.1 cm³/mol. The Hall–Kier alpha value is -1.21. The number of nitrogens with zero attached hydrogens (tertiary/aromatic N) is 2. The second-order valence-corrected chi connectivity index (χ2v) is 5.55. The van der Waals surface area contributed by atoms with E-state index in [1.54, 1.807) is 0 Å². The molecule has 0 amide bonds. The van der Waals surface area contributed by atoms with Crippen molar-refractivity contribution >= 4 is 21.6 Å². The van der Waals surface area contributed by atoms with Gasteiger partial charge in [0.15, 0.2) is 0 Å². The number of nitro groups is 1. The summed E-state index contributed by atoms with van der Waals surface area (Å²) in [4.78, 5) is 14.1. The van der Waals surface area contributed by atoms with E-state index in [2.05, 4.69) is 20.9 Å². The van der Waals surface area contributed by atoms with Crippen LogP contribution in [0.1, 0.15) is 32.1 Å². The Bertz CT molecular complexity index is 470. The third-order valence-corrected chi connectivity index (χ3v) is 3.84. The normalized spacial score (nSPS) is 23.7. The first-order valence-electron chi connectivity index (χ1n) is 6.30. The number of rotatable bonds is 3. The molecule has 1 fully saturated rings. The molecule has 0 aliphatic heterocycles. The number of pyridine rings is 1. The van der Waals surface area contributed by atoms with Gasteiger partial charge in [0.2, 0.25) is 5.88 Å². The van der Waals surface area contributed by atoms with E-state index in [4.69, 9.17) is 10.5 Å². The molecule has 1 heterocycles. The van der Waals surface area contributed by atoms with E-state index in [0.717, 1.165) is 25.7 Å². The highest BCUT2D eigenvalue weighted by molar-refractivity contribution is 9.10. The van der Waals surface area contributed by atoms with Crippen LogP contribution in [0.15, 0.2) is 16.7 Å². The summed E-state index contributed by atoms with van der Waals surface area (Å²) in [6, 6.07) is 1.39. The number of hydrogen-bond acceptors (Lipinski definition) is 5. The van der Waals surface area contributed by atoms with Crippen LogP contribution >= 0.6 is 15.9 Å². The molecule has 2 atom stereocenters. The number of nitrogens with two attached hydrogens (primary N) is 1. The highest BCUT2D eigenvalue weighted by Crippen LogP contribution is 2.29. The van der Waals surface area contributed by atoms with E-state index < -0.39 is 4.92 Å². The molecule has 1 aromatic rings. The summed E-state index contributed by atoms with van der Waals surface area (Å²) in [7, 11) is 0. The van der Waals surface area contributed by atoms with E-state index >= 15 is 0 Å². The molecule has 0 saturated heterocycles. The molecule has 1 saturated carbocycles. The van der Waals surface area contributed by atoms with Crippen molar-refractivity contribution in [3.05, 3.63) is 26.9 Å². The molecular formula is C12H16BrN3O3. The standard InChI is InChI=1S/C12H16BrN3O3/c13-9-6-8(16(17)18)7-15-12(9)19-11-5-3-1-2-4-10(11)14/h6-7,10-11H,1-5,14H2. The first-order valence-corrected chi connectivity index (χ1v) is 7.09. The van der Waals surface area contributed by atoms with Crippen molar-refractivity contribution in [2.75, 3.05) is 0 Å². The van der Waals surface area contributed by atoms with E-state index in [9.17, 15) is 10.1 Å². The zero-order valence-corrected chi connectivity index (χ0v) is 12.0. The fraction of sp³-hybridized carbons (Fsp3) is 0.583. The van der Waals surface area contributed by atoms with Gasteiger partial charge in [0.1, 0.15) is 12.3 Å². The Morgan fingerprint density at radius 1 is 1.42 bits per heavy atom. The highest BCUT2D eigenvalue weighted by Gasteiger charge is 2.23. The molecule has 1 aliphatic carbocycles. The van der Waals surface area contributed by atoms with Crippen LogP contribution in [0.25, 0.3) is 0 Å². The van der Waals surface area contributed by atoms with E-state index in [1.165, 1.54) is 18.7 Å². The Balaban J connectivity index is 2.11. The molecule has 19 heavy (non-hydrogen) atoms. The van der Waals surface area contributed by atoms with Gasteiger partial charge in [0.05, 0.1) is 9.40 Å². The summed E-state index contributed by atoms with van der Waals surface area (Å²) in [6.07, 6.45) is 6.33. The Morgan fingerprint density at radius 2 is 2.16 bits per heavy atom. The smallest absolute Gasteiger partial charge is 0.288 e.